The Morgan fingerprint density at radius 2 is 1.89 bits per heavy atom. The van der Waals surface area contributed by atoms with Crippen LogP contribution in [0.15, 0.2) is 29.2 Å². The van der Waals surface area contributed by atoms with Gasteiger partial charge >= 0.3 is 0 Å². The molecule has 0 heterocycles. The summed E-state index contributed by atoms with van der Waals surface area (Å²) >= 11 is 0. The van der Waals surface area contributed by atoms with E-state index in [0.29, 0.717) is 10.8 Å². The normalized spacial score (nSPS) is 13.7. The van der Waals surface area contributed by atoms with Crippen LogP contribution < -0.4 is 5.32 Å². The van der Waals surface area contributed by atoms with Gasteiger partial charge in [-0.15, -0.1) is 0 Å². The largest absolute Gasteiger partial charge is 0.310 e. The molecule has 1 unspecified atom stereocenters. The van der Waals surface area contributed by atoms with Gasteiger partial charge in [0, 0.05) is 12.3 Å². The second-order valence-electron chi connectivity index (χ2n) is 5.43. The first-order valence-electron chi connectivity index (χ1n) is 6.88. The zero-order valence-corrected chi connectivity index (χ0v) is 13.1. The fraction of sp³-hybridized carbons (Fsp3) is 0.600. The summed E-state index contributed by atoms with van der Waals surface area (Å²) in [4.78, 5) is 0.400. The van der Waals surface area contributed by atoms with Gasteiger partial charge in [-0.1, -0.05) is 32.9 Å². The van der Waals surface area contributed by atoms with Gasteiger partial charge in [0.25, 0.3) is 0 Å². The molecule has 0 bridgehead atoms. The molecule has 0 saturated carbocycles. The second kappa shape index (κ2) is 7.06. The van der Waals surface area contributed by atoms with Crippen molar-refractivity contribution in [1.82, 2.24) is 5.32 Å². The lowest BCUT2D eigenvalue weighted by Crippen LogP contribution is -2.21. The average Bonchev–Trinajstić information content (AvgIpc) is 2.33. The Hall–Kier alpha value is -0.870. The van der Waals surface area contributed by atoms with Crippen LogP contribution in [0.2, 0.25) is 0 Å². The van der Waals surface area contributed by atoms with E-state index >= 15 is 0 Å². The van der Waals surface area contributed by atoms with Crippen molar-refractivity contribution in [2.24, 2.45) is 5.92 Å². The molecule has 1 atom stereocenters. The molecule has 0 aromatic heterocycles. The SMILES string of the molecule is CCNC(CCC(C)C)c1cccc(S(C)(=O)=O)c1. The maximum atomic E-state index is 11.6. The Labute approximate surface area is 117 Å². The summed E-state index contributed by atoms with van der Waals surface area (Å²) in [5.74, 6) is 0.652. The van der Waals surface area contributed by atoms with Crippen molar-refractivity contribution in [3.8, 4) is 0 Å². The topological polar surface area (TPSA) is 46.2 Å². The molecule has 1 N–H and O–H groups in total. The van der Waals surface area contributed by atoms with E-state index in [2.05, 4.69) is 26.1 Å². The number of rotatable bonds is 7. The molecule has 0 saturated heterocycles. The minimum absolute atomic E-state index is 0.231. The van der Waals surface area contributed by atoms with Crippen molar-refractivity contribution in [3.05, 3.63) is 29.8 Å². The maximum absolute atomic E-state index is 11.6. The zero-order chi connectivity index (χ0) is 14.5. The van der Waals surface area contributed by atoms with Crippen LogP contribution in [0.1, 0.15) is 45.2 Å². The van der Waals surface area contributed by atoms with Crippen molar-refractivity contribution >= 4 is 9.84 Å². The summed E-state index contributed by atoms with van der Waals surface area (Å²) in [6, 6.07) is 7.51. The standard InChI is InChI=1S/C15H25NO2S/c1-5-16-15(10-9-12(2)3)13-7-6-8-14(11-13)19(4,17)18/h6-8,11-12,15-16H,5,9-10H2,1-4H3. The summed E-state index contributed by atoms with van der Waals surface area (Å²) in [6.45, 7) is 7.36. The van der Waals surface area contributed by atoms with Crippen LogP contribution in [0.4, 0.5) is 0 Å². The summed E-state index contributed by atoms with van der Waals surface area (Å²) in [7, 11) is -3.13. The molecule has 1 aromatic rings. The number of hydrogen-bond donors (Lipinski definition) is 1. The number of nitrogens with one attached hydrogen (secondary N) is 1. The van der Waals surface area contributed by atoms with Crippen molar-refractivity contribution in [2.75, 3.05) is 12.8 Å². The van der Waals surface area contributed by atoms with Crippen molar-refractivity contribution in [3.63, 3.8) is 0 Å². The molecule has 0 aliphatic rings. The molecule has 0 fully saturated rings. The smallest absolute Gasteiger partial charge is 0.175 e. The highest BCUT2D eigenvalue weighted by Crippen LogP contribution is 2.23. The lowest BCUT2D eigenvalue weighted by molar-refractivity contribution is 0.448. The van der Waals surface area contributed by atoms with Crippen LogP contribution in [0, 0.1) is 5.92 Å². The quantitative estimate of drug-likeness (QED) is 0.836. The van der Waals surface area contributed by atoms with Crippen molar-refractivity contribution in [2.45, 2.75) is 44.6 Å². The van der Waals surface area contributed by atoms with Gasteiger partial charge in [0.1, 0.15) is 0 Å². The molecule has 0 aliphatic heterocycles. The minimum Gasteiger partial charge on any atom is -0.310 e. The molecule has 3 nitrogen and oxygen atoms in total. The average molecular weight is 283 g/mol. The van der Waals surface area contributed by atoms with E-state index in [-0.39, 0.29) is 6.04 Å². The predicted molar refractivity (Wildman–Crippen MR) is 80.0 cm³/mol. The van der Waals surface area contributed by atoms with Crippen LogP contribution >= 0.6 is 0 Å². The first-order chi connectivity index (χ1) is 8.84. The Bertz CT molecular complexity index is 495. The van der Waals surface area contributed by atoms with Gasteiger partial charge < -0.3 is 5.32 Å². The summed E-state index contributed by atoms with van der Waals surface area (Å²) in [6.07, 6.45) is 3.40. The van der Waals surface area contributed by atoms with E-state index in [1.807, 2.05) is 12.1 Å². The van der Waals surface area contributed by atoms with Crippen LogP contribution in [-0.4, -0.2) is 21.2 Å². The number of sulfone groups is 1. The Balaban J connectivity index is 2.96. The molecule has 19 heavy (non-hydrogen) atoms. The molecular formula is C15H25NO2S. The first kappa shape index (κ1) is 16.2. The molecule has 0 radical (unpaired) electrons. The fourth-order valence-electron chi connectivity index (χ4n) is 2.09. The van der Waals surface area contributed by atoms with Gasteiger partial charge in [-0.2, -0.15) is 0 Å². The van der Waals surface area contributed by atoms with Gasteiger partial charge in [0.05, 0.1) is 4.90 Å². The molecule has 108 valence electrons. The lowest BCUT2D eigenvalue weighted by atomic mass is 9.97. The van der Waals surface area contributed by atoms with E-state index in [4.69, 9.17) is 0 Å². The van der Waals surface area contributed by atoms with Gasteiger partial charge in [-0.05, 0) is 43.0 Å². The van der Waals surface area contributed by atoms with Gasteiger partial charge in [0.15, 0.2) is 9.84 Å². The van der Waals surface area contributed by atoms with Crippen LogP contribution in [0.25, 0.3) is 0 Å². The molecule has 0 aliphatic carbocycles. The van der Waals surface area contributed by atoms with Gasteiger partial charge in [-0.25, -0.2) is 8.42 Å². The van der Waals surface area contributed by atoms with Crippen LogP contribution in [0.5, 0.6) is 0 Å². The summed E-state index contributed by atoms with van der Waals surface area (Å²) in [5, 5.41) is 3.44. The number of hydrogen-bond acceptors (Lipinski definition) is 3. The highest BCUT2D eigenvalue weighted by molar-refractivity contribution is 7.90. The van der Waals surface area contributed by atoms with E-state index in [1.165, 1.54) is 6.26 Å². The predicted octanol–water partition coefficient (Wildman–Crippen LogP) is 3.18. The van der Waals surface area contributed by atoms with Crippen molar-refractivity contribution in [1.29, 1.82) is 0 Å². The zero-order valence-electron chi connectivity index (χ0n) is 12.3. The molecule has 0 amide bonds. The third-order valence-electron chi connectivity index (χ3n) is 3.17. The minimum atomic E-state index is -3.13. The van der Waals surface area contributed by atoms with Gasteiger partial charge in [0.2, 0.25) is 0 Å². The maximum Gasteiger partial charge on any atom is 0.175 e. The Morgan fingerprint density at radius 3 is 2.42 bits per heavy atom. The third kappa shape index (κ3) is 5.33. The van der Waals surface area contributed by atoms with E-state index in [1.54, 1.807) is 12.1 Å². The summed E-state index contributed by atoms with van der Waals surface area (Å²) in [5.41, 5.74) is 1.06. The highest BCUT2D eigenvalue weighted by atomic mass is 32.2. The first-order valence-corrected chi connectivity index (χ1v) is 8.77. The monoisotopic (exact) mass is 283 g/mol. The molecule has 0 spiro atoms. The van der Waals surface area contributed by atoms with E-state index < -0.39 is 9.84 Å². The van der Waals surface area contributed by atoms with Crippen LogP contribution in [0.3, 0.4) is 0 Å². The van der Waals surface area contributed by atoms with E-state index in [9.17, 15) is 8.42 Å². The third-order valence-corrected chi connectivity index (χ3v) is 4.28. The molecule has 1 aromatic carbocycles. The Kier molecular flexibility index (Phi) is 6.01. The summed E-state index contributed by atoms with van der Waals surface area (Å²) < 4.78 is 23.2. The van der Waals surface area contributed by atoms with Gasteiger partial charge in [-0.3, -0.25) is 0 Å². The van der Waals surface area contributed by atoms with Crippen LogP contribution in [-0.2, 0) is 9.84 Å². The van der Waals surface area contributed by atoms with E-state index in [0.717, 1.165) is 24.9 Å². The molecule has 1 rings (SSSR count). The molecule has 4 heteroatoms. The second-order valence-corrected chi connectivity index (χ2v) is 7.44. The molecular weight excluding hydrogens is 258 g/mol. The highest BCUT2D eigenvalue weighted by Gasteiger charge is 2.14. The lowest BCUT2D eigenvalue weighted by Gasteiger charge is -2.20. The van der Waals surface area contributed by atoms with Crippen molar-refractivity contribution < 1.29 is 8.42 Å². The number of benzene rings is 1. The fourth-order valence-corrected chi connectivity index (χ4v) is 2.77. The Morgan fingerprint density at radius 1 is 1.21 bits per heavy atom.